The molecule has 232 valence electrons. The summed E-state index contributed by atoms with van der Waals surface area (Å²) < 4.78 is 97.5. The summed E-state index contributed by atoms with van der Waals surface area (Å²) in [6.07, 6.45) is -1.84. The molecule has 2 aliphatic rings. The van der Waals surface area contributed by atoms with E-state index < -0.39 is 39.2 Å². The summed E-state index contributed by atoms with van der Waals surface area (Å²) in [5.74, 6) is -2.30. The van der Waals surface area contributed by atoms with E-state index in [0.29, 0.717) is 23.7 Å². The molecule has 2 saturated heterocycles. The minimum atomic E-state index is -4.94. The van der Waals surface area contributed by atoms with Crippen LogP contribution in [0, 0.1) is 5.82 Å². The monoisotopic (exact) mass is 626 g/mol. The second-order valence-electron chi connectivity index (χ2n) is 10.3. The van der Waals surface area contributed by atoms with Crippen LogP contribution in [0.5, 0.6) is 17.4 Å². The first-order valence-electron chi connectivity index (χ1n) is 13.2. The van der Waals surface area contributed by atoms with Crippen LogP contribution < -0.4 is 24.8 Å². The third kappa shape index (κ3) is 7.81. The SMILES string of the molecule is COc1cc(C2OC2NC2CCN(C)CC2)ccc1Nc1ncc(C(F)(F)F)c(Oc2cc(F)ccc2NS(C)(=O)=O)n1. The fourth-order valence-electron chi connectivity index (χ4n) is 4.68. The van der Waals surface area contributed by atoms with E-state index in [1.165, 1.54) is 7.11 Å². The van der Waals surface area contributed by atoms with Crippen LogP contribution in [0.4, 0.5) is 34.9 Å². The molecule has 0 radical (unpaired) electrons. The van der Waals surface area contributed by atoms with Crippen LogP contribution in [0.1, 0.15) is 30.1 Å². The van der Waals surface area contributed by atoms with Gasteiger partial charge in [-0.2, -0.15) is 18.2 Å². The Morgan fingerprint density at radius 3 is 2.47 bits per heavy atom. The molecule has 3 heterocycles. The summed E-state index contributed by atoms with van der Waals surface area (Å²) in [6.45, 7) is 2.03. The number of alkyl halides is 3. The van der Waals surface area contributed by atoms with Gasteiger partial charge in [0.15, 0.2) is 5.75 Å². The van der Waals surface area contributed by atoms with Gasteiger partial charge in [0.2, 0.25) is 21.9 Å². The smallest absolute Gasteiger partial charge is 0.423 e. The number of hydrogen-bond acceptors (Lipinski definition) is 10. The number of ether oxygens (including phenoxy) is 3. The molecule has 2 unspecified atom stereocenters. The minimum absolute atomic E-state index is 0.125. The van der Waals surface area contributed by atoms with Crippen molar-refractivity contribution in [3.8, 4) is 17.4 Å². The molecule has 0 bridgehead atoms. The van der Waals surface area contributed by atoms with Crippen molar-refractivity contribution in [1.82, 2.24) is 20.2 Å². The zero-order valence-electron chi connectivity index (χ0n) is 23.4. The highest BCUT2D eigenvalue weighted by Gasteiger charge is 2.42. The molecule has 2 atom stereocenters. The molecular weight excluding hydrogens is 596 g/mol. The zero-order valence-corrected chi connectivity index (χ0v) is 24.2. The van der Waals surface area contributed by atoms with Crippen molar-refractivity contribution in [2.75, 3.05) is 43.5 Å². The van der Waals surface area contributed by atoms with Crippen LogP contribution >= 0.6 is 0 Å². The van der Waals surface area contributed by atoms with Gasteiger partial charge in [0.25, 0.3) is 0 Å². The van der Waals surface area contributed by atoms with Crippen molar-refractivity contribution in [2.45, 2.75) is 37.4 Å². The fourth-order valence-corrected chi connectivity index (χ4v) is 5.24. The molecule has 3 aromatic rings. The third-order valence-corrected chi connectivity index (χ3v) is 7.51. The number of nitrogens with one attached hydrogen (secondary N) is 3. The first-order valence-corrected chi connectivity index (χ1v) is 15.1. The highest BCUT2D eigenvalue weighted by Crippen LogP contribution is 2.42. The van der Waals surface area contributed by atoms with Gasteiger partial charge < -0.3 is 24.4 Å². The summed E-state index contributed by atoms with van der Waals surface area (Å²) in [7, 11) is -0.332. The largest absolute Gasteiger partial charge is 0.495 e. The summed E-state index contributed by atoms with van der Waals surface area (Å²) in [5, 5.41) is 6.34. The van der Waals surface area contributed by atoms with Gasteiger partial charge in [-0.1, -0.05) is 6.07 Å². The Morgan fingerprint density at radius 1 is 1.07 bits per heavy atom. The second-order valence-corrected chi connectivity index (χ2v) is 12.1. The summed E-state index contributed by atoms with van der Waals surface area (Å²) in [4.78, 5) is 9.92. The van der Waals surface area contributed by atoms with Crippen LogP contribution in [-0.4, -0.2) is 69.1 Å². The van der Waals surface area contributed by atoms with E-state index in [9.17, 15) is 26.0 Å². The molecular formula is C27H30F4N6O5S. The maximum Gasteiger partial charge on any atom is 0.423 e. The first-order chi connectivity index (χ1) is 20.3. The van der Waals surface area contributed by atoms with E-state index >= 15 is 0 Å². The Kier molecular flexibility index (Phi) is 8.65. The number of halogens is 4. The van der Waals surface area contributed by atoms with Crippen molar-refractivity contribution in [3.63, 3.8) is 0 Å². The third-order valence-electron chi connectivity index (χ3n) is 6.92. The van der Waals surface area contributed by atoms with Crippen molar-refractivity contribution in [2.24, 2.45) is 0 Å². The molecule has 2 fully saturated rings. The highest BCUT2D eigenvalue weighted by molar-refractivity contribution is 7.92. The Morgan fingerprint density at radius 2 is 1.79 bits per heavy atom. The van der Waals surface area contributed by atoms with E-state index in [0.717, 1.165) is 55.9 Å². The van der Waals surface area contributed by atoms with Gasteiger partial charge in [-0.3, -0.25) is 10.0 Å². The number of likely N-dealkylation sites (tertiary alicyclic amines) is 1. The maximum atomic E-state index is 14.0. The fraction of sp³-hybridized carbons (Fsp3) is 0.407. The normalized spacial score (nSPS) is 19.6. The van der Waals surface area contributed by atoms with E-state index in [1.54, 1.807) is 18.2 Å². The van der Waals surface area contributed by atoms with Crippen molar-refractivity contribution in [1.29, 1.82) is 0 Å². The van der Waals surface area contributed by atoms with Crippen LogP contribution in [0.15, 0.2) is 42.6 Å². The average molecular weight is 627 g/mol. The van der Waals surface area contributed by atoms with Gasteiger partial charge >= 0.3 is 6.18 Å². The summed E-state index contributed by atoms with van der Waals surface area (Å²) in [6, 6.07) is 8.25. The molecule has 43 heavy (non-hydrogen) atoms. The summed E-state index contributed by atoms with van der Waals surface area (Å²) in [5.41, 5.74) is -0.442. The molecule has 11 nitrogen and oxygen atoms in total. The minimum Gasteiger partial charge on any atom is -0.495 e. The number of piperidine rings is 1. The first kappa shape index (κ1) is 30.7. The molecule has 0 saturated carbocycles. The number of nitrogens with zero attached hydrogens (tertiary/aromatic N) is 3. The highest BCUT2D eigenvalue weighted by atomic mass is 32.2. The lowest BCUT2D eigenvalue weighted by Gasteiger charge is -2.29. The number of anilines is 3. The van der Waals surface area contributed by atoms with Gasteiger partial charge in [0, 0.05) is 18.3 Å². The number of epoxide rings is 1. The van der Waals surface area contributed by atoms with Crippen molar-refractivity contribution >= 4 is 27.3 Å². The molecule has 0 spiro atoms. The lowest BCUT2D eigenvalue weighted by Crippen LogP contribution is -2.42. The van der Waals surface area contributed by atoms with Gasteiger partial charge in [0.1, 0.15) is 29.5 Å². The Balaban J connectivity index is 1.36. The molecule has 3 N–H and O–H groups in total. The van der Waals surface area contributed by atoms with Crippen LogP contribution in [-0.2, 0) is 20.9 Å². The van der Waals surface area contributed by atoms with Crippen molar-refractivity contribution in [3.05, 3.63) is 59.5 Å². The average Bonchev–Trinajstić information content (AvgIpc) is 3.69. The van der Waals surface area contributed by atoms with Gasteiger partial charge in [-0.25, -0.2) is 17.8 Å². The van der Waals surface area contributed by atoms with Crippen LogP contribution in [0.2, 0.25) is 0 Å². The predicted molar refractivity (Wildman–Crippen MR) is 150 cm³/mol. The van der Waals surface area contributed by atoms with Crippen LogP contribution in [0.25, 0.3) is 0 Å². The van der Waals surface area contributed by atoms with E-state index in [-0.39, 0.29) is 24.0 Å². The molecule has 0 amide bonds. The number of benzene rings is 2. The van der Waals surface area contributed by atoms with Gasteiger partial charge in [-0.05, 0) is 62.8 Å². The summed E-state index contributed by atoms with van der Waals surface area (Å²) >= 11 is 0. The van der Waals surface area contributed by atoms with Gasteiger partial charge in [-0.15, -0.1) is 0 Å². The van der Waals surface area contributed by atoms with E-state index in [1.807, 2.05) is 0 Å². The standard InChI is InChI=1S/C27H30F4N6O5S/c1-37-10-8-17(9-11-37)33-25-23(42-25)15-4-6-19(21(12-15)40-2)34-26-32-14-18(27(29,30)31)24(35-26)41-22-13-16(28)5-7-20(22)36-43(3,38)39/h4-7,12-14,17,23,25,33,36H,8-11H2,1-3H3,(H,32,34,35). The molecule has 5 rings (SSSR count). The number of rotatable bonds is 10. The quantitative estimate of drug-likeness (QED) is 0.216. The van der Waals surface area contributed by atoms with Crippen molar-refractivity contribution < 1.29 is 40.2 Å². The molecule has 2 aromatic carbocycles. The number of aromatic nitrogens is 2. The van der Waals surface area contributed by atoms with E-state index in [4.69, 9.17) is 14.2 Å². The Hall–Kier alpha value is -3.73. The second kappa shape index (κ2) is 12.1. The number of methoxy groups -OCH3 is 1. The molecule has 2 aliphatic heterocycles. The van der Waals surface area contributed by atoms with E-state index in [2.05, 4.69) is 37.3 Å². The topological polar surface area (TPSA) is 130 Å². The lowest BCUT2D eigenvalue weighted by molar-refractivity contribution is -0.139. The molecule has 1 aromatic heterocycles. The Bertz CT molecular complexity index is 1580. The maximum absolute atomic E-state index is 14.0. The number of hydrogen-bond donors (Lipinski definition) is 3. The number of sulfonamides is 1. The molecule has 16 heteroatoms. The molecule has 0 aliphatic carbocycles. The van der Waals surface area contributed by atoms with Gasteiger partial charge in [0.05, 0.1) is 24.7 Å². The predicted octanol–water partition coefficient (Wildman–Crippen LogP) is 4.63. The Labute approximate surface area is 245 Å². The van der Waals surface area contributed by atoms with Crippen LogP contribution in [0.3, 0.4) is 0 Å². The lowest BCUT2D eigenvalue weighted by atomic mass is 10.0. The zero-order chi connectivity index (χ0) is 30.9.